The molecule has 0 fully saturated rings. The van der Waals surface area contributed by atoms with E-state index in [1.54, 1.807) is 5.57 Å². The molecule has 4 unspecified atom stereocenters. The van der Waals surface area contributed by atoms with Crippen LogP contribution in [0.1, 0.15) is 58.2 Å². The number of hydrogen-bond acceptors (Lipinski definition) is 2. The molecule has 0 saturated carbocycles. The van der Waals surface area contributed by atoms with Gasteiger partial charge in [-0.25, -0.2) is 0 Å². The molecule has 7 aliphatic rings. The average Bonchev–Trinajstić information content (AvgIpc) is 3.91. The summed E-state index contributed by atoms with van der Waals surface area (Å²) in [5, 5.41) is 4.78. The van der Waals surface area contributed by atoms with E-state index in [4.69, 9.17) is 4.42 Å². The lowest BCUT2D eigenvalue weighted by Gasteiger charge is -2.46. The first-order chi connectivity index (χ1) is 30.1. The van der Waals surface area contributed by atoms with Crippen molar-refractivity contribution in [3.05, 3.63) is 192 Å². The number of nitrogens with zero attached hydrogens (tertiary/aromatic N) is 2. The van der Waals surface area contributed by atoms with Crippen LogP contribution in [0, 0.1) is 17.8 Å². The largest absolute Gasteiger partial charge is 0.456 e. The van der Waals surface area contributed by atoms with E-state index in [9.17, 15) is 0 Å². The van der Waals surface area contributed by atoms with Crippen LogP contribution in [0.3, 0.4) is 0 Å². The lowest BCUT2D eigenvalue weighted by molar-refractivity contribution is 0.436. The average molecular weight is 801 g/mol. The number of rotatable bonds is 1. The first-order valence-electron chi connectivity index (χ1n) is 22.4. The molecule has 10 bridgehead atoms. The molecule has 16 rings (SSSR count). The van der Waals surface area contributed by atoms with E-state index >= 15 is 0 Å². The molecule has 0 amide bonds. The van der Waals surface area contributed by atoms with Crippen molar-refractivity contribution in [1.29, 1.82) is 0 Å². The number of para-hydroxylation sites is 1. The van der Waals surface area contributed by atoms with Crippen molar-refractivity contribution in [3.8, 4) is 22.3 Å². The van der Waals surface area contributed by atoms with Crippen LogP contribution in [0.5, 0.6) is 0 Å². The number of furan rings is 1. The molecule has 4 atom stereocenters. The lowest BCUT2D eigenvalue weighted by Crippen LogP contribution is -2.39. The van der Waals surface area contributed by atoms with Gasteiger partial charge >= 0.3 is 0 Å². The fraction of sp³-hybridized carbons (Fsp3) is 0.186. The van der Waals surface area contributed by atoms with Crippen molar-refractivity contribution < 1.29 is 4.42 Å². The molecule has 9 aromatic rings. The summed E-state index contributed by atoms with van der Waals surface area (Å²) >= 11 is 0. The highest BCUT2D eigenvalue weighted by Crippen LogP contribution is 2.57. The third kappa shape index (κ3) is 4.61. The highest BCUT2D eigenvalue weighted by atomic mass is 16.3. The maximum Gasteiger partial charge on any atom is 0.137 e. The zero-order chi connectivity index (χ0) is 41.8. The topological polar surface area (TPSA) is 21.3 Å². The van der Waals surface area contributed by atoms with E-state index in [0.29, 0.717) is 11.8 Å². The van der Waals surface area contributed by atoms with Gasteiger partial charge in [0, 0.05) is 38.7 Å². The van der Waals surface area contributed by atoms with Crippen molar-refractivity contribution in [2.45, 2.75) is 52.5 Å². The Balaban J connectivity index is 1.14. The second-order valence-corrected chi connectivity index (χ2v) is 19.1. The summed E-state index contributed by atoms with van der Waals surface area (Å²) in [6.07, 6.45) is 7.54. The van der Waals surface area contributed by atoms with E-state index < -0.39 is 0 Å². The summed E-state index contributed by atoms with van der Waals surface area (Å²) < 4.78 is 9.40. The van der Waals surface area contributed by atoms with Gasteiger partial charge in [-0.05, 0) is 124 Å². The van der Waals surface area contributed by atoms with Gasteiger partial charge in [0.2, 0.25) is 0 Å². The quantitative estimate of drug-likeness (QED) is 0.154. The van der Waals surface area contributed by atoms with Crippen LogP contribution in [-0.4, -0.2) is 4.57 Å². The Morgan fingerprint density at radius 2 is 1.26 bits per heavy atom. The van der Waals surface area contributed by atoms with Crippen molar-refractivity contribution in [3.63, 3.8) is 0 Å². The third-order valence-corrected chi connectivity index (χ3v) is 15.3. The molecule has 300 valence electrons. The molecular formula is C59H48N2O. The van der Waals surface area contributed by atoms with Crippen molar-refractivity contribution in [2.75, 3.05) is 4.90 Å². The van der Waals surface area contributed by atoms with Gasteiger partial charge in [0.15, 0.2) is 0 Å². The number of fused-ring (bicyclic) bond motifs is 4. The summed E-state index contributed by atoms with van der Waals surface area (Å²) in [6, 6.07) is 54.8. The second-order valence-electron chi connectivity index (χ2n) is 19.1. The molecule has 2 aromatic heterocycles. The lowest BCUT2D eigenvalue weighted by atomic mass is 9.64. The standard InChI is InChI=1S/C59H48N2O/c1-34-29-30-59(6)57-36(3)43(31-35(2)54(34)57)37-21-25-40(26-22-37)60(50-18-11-16-47-55(50)42-14-7-9-15-46(42)58(47,4)5)51-19-12-20-53-56(51)45-33-39(24-28-52(45)62-53)38-23-27-49-44(32-38)41-13-8-10-17-48(41)61(49)59/h7-36H,1-6H3. The summed E-state index contributed by atoms with van der Waals surface area (Å²) in [5.74, 6) is 0.852. The molecule has 3 aliphatic carbocycles. The highest BCUT2D eigenvalue weighted by Gasteiger charge is 2.44. The Bertz CT molecular complexity index is 3510. The third-order valence-electron chi connectivity index (χ3n) is 15.3. The number of anilines is 3. The van der Waals surface area contributed by atoms with Crippen LogP contribution >= 0.6 is 0 Å². The van der Waals surface area contributed by atoms with Gasteiger partial charge in [-0.15, -0.1) is 0 Å². The van der Waals surface area contributed by atoms with E-state index in [-0.39, 0.29) is 16.9 Å². The second kappa shape index (κ2) is 12.4. The minimum Gasteiger partial charge on any atom is -0.456 e. The molecule has 4 aliphatic heterocycles. The van der Waals surface area contributed by atoms with Crippen molar-refractivity contribution in [2.24, 2.45) is 17.8 Å². The van der Waals surface area contributed by atoms with Crippen LogP contribution in [0.2, 0.25) is 0 Å². The molecule has 3 nitrogen and oxygen atoms in total. The number of allylic oxidation sites excluding steroid dienone is 6. The van der Waals surface area contributed by atoms with Gasteiger partial charge in [-0.3, -0.25) is 0 Å². The van der Waals surface area contributed by atoms with Gasteiger partial charge in [-0.2, -0.15) is 0 Å². The Hall–Kier alpha value is -6.84. The summed E-state index contributed by atoms with van der Waals surface area (Å²) in [6.45, 7) is 14.5. The molecular weight excluding hydrogens is 753 g/mol. The molecule has 7 aromatic carbocycles. The minimum atomic E-state index is -0.377. The first kappa shape index (κ1) is 35.9. The Kier molecular flexibility index (Phi) is 7.17. The van der Waals surface area contributed by atoms with E-state index in [2.05, 4.69) is 215 Å². The first-order valence-corrected chi connectivity index (χ1v) is 22.4. The maximum absolute atomic E-state index is 6.75. The number of aromatic nitrogens is 1. The Morgan fingerprint density at radius 3 is 2.11 bits per heavy atom. The normalized spacial score (nSPS) is 22.0. The van der Waals surface area contributed by atoms with Gasteiger partial charge in [0.05, 0.1) is 33.3 Å². The summed E-state index contributed by atoms with van der Waals surface area (Å²) in [7, 11) is 0. The van der Waals surface area contributed by atoms with Crippen molar-refractivity contribution in [1.82, 2.24) is 4.57 Å². The molecule has 0 N–H and O–H groups in total. The van der Waals surface area contributed by atoms with E-state index in [0.717, 1.165) is 33.3 Å². The molecule has 0 radical (unpaired) electrons. The minimum absolute atomic E-state index is 0.133. The predicted octanol–water partition coefficient (Wildman–Crippen LogP) is 16.0. The van der Waals surface area contributed by atoms with Crippen LogP contribution in [0.15, 0.2) is 179 Å². The number of hydrogen-bond donors (Lipinski definition) is 0. The molecule has 62 heavy (non-hydrogen) atoms. The van der Waals surface area contributed by atoms with Crippen LogP contribution in [0.4, 0.5) is 17.1 Å². The van der Waals surface area contributed by atoms with Crippen LogP contribution < -0.4 is 4.90 Å². The summed E-state index contributed by atoms with van der Waals surface area (Å²) in [5.41, 5.74) is 20.6. The number of benzene rings is 7. The van der Waals surface area contributed by atoms with Crippen LogP contribution in [0.25, 0.3) is 71.6 Å². The fourth-order valence-corrected chi connectivity index (χ4v) is 12.6. The maximum atomic E-state index is 6.75. The molecule has 3 heteroatoms. The molecule has 0 spiro atoms. The monoisotopic (exact) mass is 800 g/mol. The summed E-state index contributed by atoms with van der Waals surface area (Å²) in [4.78, 5) is 2.51. The van der Waals surface area contributed by atoms with Crippen molar-refractivity contribution >= 4 is 66.4 Å². The van der Waals surface area contributed by atoms with Gasteiger partial charge < -0.3 is 13.9 Å². The molecule has 0 saturated heterocycles. The zero-order valence-electron chi connectivity index (χ0n) is 36.1. The molecule has 6 heterocycles. The van der Waals surface area contributed by atoms with E-state index in [1.807, 2.05) is 0 Å². The Morgan fingerprint density at radius 1 is 0.565 bits per heavy atom. The highest BCUT2D eigenvalue weighted by molar-refractivity contribution is 6.16. The SMILES string of the molecule is CC1C=CC2(C)C3=C1C(C)C=C(c1ccc(cc1)N(c1cccc4c1-c1ccccc1C4(C)C)c1cccc4oc5ccc(cc5c14)-c1ccc4c(c1)c1ccccc1n42)C3C. The smallest absolute Gasteiger partial charge is 0.137 e. The predicted molar refractivity (Wildman–Crippen MR) is 260 cm³/mol. The fourth-order valence-electron chi connectivity index (χ4n) is 12.6. The zero-order valence-corrected chi connectivity index (χ0v) is 36.1. The van der Waals surface area contributed by atoms with Gasteiger partial charge in [0.1, 0.15) is 11.2 Å². The van der Waals surface area contributed by atoms with E-state index in [1.165, 1.54) is 77.6 Å². The Labute approximate surface area is 362 Å². The van der Waals surface area contributed by atoms with Crippen LogP contribution in [-0.2, 0) is 11.0 Å². The van der Waals surface area contributed by atoms with Gasteiger partial charge in [-0.1, -0.05) is 143 Å². The van der Waals surface area contributed by atoms with Gasteiger partial charge in [0.25, 0.3) is 0 Å².